The van der Waals surface area contributed by atoms with Crippen LogP contribution in [0, 0.1) is 6.92 Å². The van der Waals surface area contributed by atoms with Gasteiger partial charge < -0.3 is 9.84 Å². The number of benzene rings is 1. The van der Waals surface area contributed by atoms with E-state index in [1.54, 1.807) is 10.7 Å². The number of nitrogens with zero attached hydrogens (tertiary/aromatic N) is 3. The van der Waals surface area contributed by atoms with E-state index in [-0.39, 0.29) is 6.61 Å². The molecule has 2 heterocycles. The molecule has 0 spiro atoms. The number of fused-ring (bicyclic) bond motifs is 1. The van der Waals surface area contributed by atoms with Crippen LogP contribution in [0.15, 0.2) is 42.6 Å². The molecule has 3 rings (SSSR count). The summed E-state index contributed by atoms with van der Waals surface area (Å²) in [4.78, 5) is 4.56. The highest BCUT2D eigenvalue weighted by Gasteiger charge is 2.08. The van der Waals surface area contributed by atoms with Gasteiger partial charge in [-0.2, -0.15) is 9.61 Å². The second kappa shape index (κ2) is 6.58. The monoisotopic (exact) mass is 297 g/mol. The van der Waals surface area contributed by atoms with E-state index < -0.39 is 0 Å². The first-order chi connectivity index (χ1) is 10.8. The number of hydrogen-bond donors (Lipinski definition) is 1. The number of aromatic nitrogens is 3. The first-order valence-electron chi connectivity index (χ1n) is 7.45. The highest BCUT2D eigenvalue weighted by molar-refractivity contribution is 5.42. The van der Waals surface area contributed by atoms with Crippen molar-refractivity contribution in [3.8, 4) is 11.6 Å². The zero-order chi connectivity index (χ0) is 15.4. The molecule has 1 aromatic carbocycles. The third-order valence-corrected chi connectivity index (χ3v) is 3.46. The number of rotatable bonds is 6. The van der Waals surface area contributed by atoms with Gasteiger partial charge in [0.05, 0.1) is 6.20 Å². The Labute approximate surface area is 129 Å². The Morgan fingerprint density at radius 3 is 2.73 bits per heavy atom. The minimum absolute atomic E-state index is 0.210. The Kier molecular flexibility index (Phi) is 4.34. The summed E-state index contributed by atoms with van der Waals surface area (Å²) in [5.74, 6) is 1.42. The lowest BCUT2D eigenvalue weighted by atomic mass is 10.2. The number of aliphatic hydroxyl groups excluding tert-OH is 1. The second-order valence-electron chi connectivity index (χ2n) is 5.28. The summed E-state index contributed by atoms with van der Waals surface area (Å²) in [6.07, 6.45) is 4.20. The molecule has 3 aromatic rings. The zero-order valence-corrected chi connectivity index (χ0v) is 12.6. The molecule has 5 nitrogen and oxygen atoms in total. The van der Waals surface area contributed by atoms with Gasteiger partial charge in [0, 0.05) is 24.4 Å². The first-order valence-corrected chi connectivity index (χ1v) is 7.45. The highest BCUT2D eigenvalue weighted by atomic mass is 16.5. The van der Waals surface area contributed by atoms with Crippen molar-refractivity contribution in [2.75, 3.05) is 6.61 Å². The minimum Gasteiger partial charge on any atom is -0.439 e. The molecule has 22 heavy (non-hydrogen) atoms. The molecule has 0 bridgehead atoms. The summed E-state index contributed by atoms with van der Waals surface area (Å²) in [5.41, 5.74) is 2.91. The van der Waals surface area contributed by atoms with Gasteiger partial charge in [-0.15, -0.1) is 0 Å². The van der Waals surface area contributed by atoms with E-state index >= 15 is 0 Å². The molecule has 0 aliphatic carbocycles. The smallest absolute Gasteiger partial charge is 0.224 e. The van der Waals surface area contributed by atoms with Crippen LogP contribution in [0.1, 0.15) is 24.1 Å². The molecule has 0 fully saturated rings. The van der Waals surface area contributed by atoms with E-state index in [1.165, 1.54) is 5.56 Å². The Balaban J connectivity index is 1.89. The average molecular weight is 297 g/mol. The number of aryl methyl sites for hydroxylation is 2. The molecule has 0 saturated heterocycles. The number of hydrogen-bond acceptors (Lipinski definition) is 4. The van der Waals surface area contributed by atoms with Crippen LogP contribution in [0.3, 0.4) is 0 Å². The predicted octanol–water partition coefficient (Wildman–Crippen LogP) is 3.15. The fraction of sp³-hybridized carbons (Fsp3) is 0.294. The molecule has 0 atom stereocenters. The molecule has 0 unspecified atom stereocenters. The molecule has 0 aliphatic heterocycles. The van der Waals surface area contributed by atoms with Crippen molar-refractivity contribution in [2.24, 2.45) is 0 Å². The molecule has 0 radical (unpaired) electrons. The van der Waals surface area contributed by atoms with E-state index in [0.29, 0.717) is 5.88 Å². The second-order valence-corrected chi connectivity index (χ2v) is 5.28. The van der Waals surface area contributed by atoms with Crippen LogP contribution in [0.5, 0.6) is 11.6 Å². The fourth-order valence-electron chi connectivity index (χ4n) is 2.28. The lowest BCUT2D eigenvalue weighted by molar-refractivity contribution is 0.284. The number of aliphatic hydroxyl groups is 1. The predicted molar refractivity (Wildman–Crippen MR) is 84.3 cm³/mol. The Morgan fingerprint density at radius 2 is 1.95 bits per heavy atom. The van der Waals surface area contributed by atoms with Gasteiger partial charge in [0.15, 0.2) is 5.65 Å². The van der Waals surface area contributed by atoms with Gasteiger partial charge in [0.1, 0.15) is 5.75 Å². The Hall–Kier alpha value is -2.40. The molecule has 0 saturated carbocycles. The van der Waals surface area contributed by atoms with Gasteiger partial charge in [0.2, 0.25) is 5.88 Å². The standard InChI is InChI=1S/C17H19N3O2/c1-13-5-7-15(8-6-13)22-17-12-14(4-2-3-11-21)19-16-9-10-18-20(16)17/h5-10,12,21H,2-4,11H2,1H3. The quantitative estimate of drug-likeness (QED) is 0.710. The average Bonchev–Trinajstić information content (AvgIpc) is 2.98. The lowest BCUT2D eigenvalue weighted by Crippen LogP contribution is -2.01. The minimum atomic E-state index is 0.210. The molecular weight excluding hydrogens is 278 g/mol. The van der Waals surface area contributed by atoms with E-state index in [2.05, 4.69) is 10.1 Å². The van der Waals surface area contributed by atoms with Crippen LogP contribution >= 0.6 is 0 Å². The van der Waals surface area contributed by atoms with Crippen LogP contribution in [0.4, 0.5) is 0 Å². The van der Waals surface area contributed by atoms with Crippen molar-refractivity contribution in [1.82, 2.24) is 14.6 Å². The molecular formula is C17H19N3O2. The van der Waals surface area contributed by atoms with Crippen molar-refractivity contribution in [3.63, 3.8) is 0 Å². The largest absolute Gasteiger partial charge is 0.439 e. The Morgan fingerprint density at radius 1 is 1.14 bits per heavy atom. The maximum absolute atomic E-state index is 8.90. The van der Waals surface area contributed by atoms with Crippen molar-refractivity contribution < 1.29 is 9.84 Å². The van der Waals surface area contributed by atoms with E-state index in [9.17, 15) is 0 Å². The van der Waals surface area contributed by atoms with Crippen molar-refractivity contribution in [1.29, 1.82) is 0 Å². The molecule has 5 heteroatoms. The summed E-state index contributed by atoms with van der Waals surface area (Å²) in [6, 6.07) is 11.7. The number of ether oxygens (including phenoxy) is 1. The van der Waals surface area contributed by atoms with Crippen LogP contribution < -0.4 is 4.74 Å². The number of unbranched alkanes of at least 4 members (excludes halogenated alkanes) is 1. The first kappa shape index (κ1) is 14.5. The SMILES string of the molecule is Cc1ccc(Oc2cc(CCCCO)nc3ccnn23)cc1. The maximum Gasteiger partial charge on any atom is 0.224 e. The summed E-state index contributed by atoms with van der Waals surface area (Å²) in [6.45, 7) is 2.25. The van der Waals surface area contributed by atoms with Gasteiger partial charge in [0.25, 0.3) is 0 Å². The normalized spacial score (nSPS) is 11.0. The zero-order valence-electron chi connectivity index (χ0n) is 12.6. The van der Waals surface area contributed by atoms with Gasteiger partial charge >= 0.3 is 0 Å². The fourth-order valence-corrected chi connectivity index (χ4v) is 2.28. The van der Waals surface area contributed by atoms with E-state index in [1.807, 2.05) is 43.3 Å². The maximum atomic E-state index is 8.90. The molecule has 114 valence electrons. The topological polar surface area (TPSA) is 59.7 Å². The van der Waals surface area contributed by atoms with Gasteiger partial charge in [-0.05, 0) is 38.3 Å². The third kappa shape index (κ3) is 3.26. The van der Waals surface area contributed by atoms with Gasteiger partial charge in [-0.3, -0.25) is 0 Å². The van der Waals surface area contributed by atoms with Gasteiger partial charge in [-0.1, -0.05) is 17.7 Å². The van der Waals surface area contributed by atoms with E-state index in [0.717, 1.165) is 36.4 Å². The Bertz CT molecular complexity index is 750. The molecule has 2 aromatic heterocycles. The van der Waals surface area contributed by atoms with Crippen LogP contribution in [-0.2, 0) is 6.42 Å². The van der Waals surface area contributed by atoms with E-state index in [4.69, 9.17) is 9.84 Å². The van der Waals surface area contributed by atoms with Crippen LogP contribution in [0.25, 0.3) is 5.65 Å². The van der Waals surface area contributed by atoms with Crippen molar-refractivity contribution in [2.45, 2.75) is 26.2 Å². The summed E-state index contributed by atoms with van der Waals surface area (Å²) < 4.78 is 7.65. The van der Waals surface area contributed by atoms with Crippen molar-refractivity contribution >= 4 is 5.65 Å². The summed E-state index contributed by atoms with van der Waals surface area (Å²) >= 11 is 0. The van der Waals surface area contributed by atoms with Crippen molar-refractivity contribution in [3.05, 3.63) is 53.9 Å². The molecule has 0 amide bonds. The third-order valence-electron chi connectivity index (χ3n) is 3.46. The molecule has 0 aliphatic rings. The van der Waals surface area contributed by atoms with Crippen LogP contribution in [-0.4, -0.2) is 26.3 Å². The molecule has 1 N–H and O–H groups in total. The van der Waals surface area contributed by atoms with Gasteiger partial charge in [-0.25, -0.2) is 4.98 Å². The highest BCUT2D eigenvalue weighted by Crippen LogP contribution is 2.23. The van der Waals surface area contributed by atoms with Crippen LogP contribution in [0.2, 0.25) is 0 Å². The lowest BCUT2D eigenvalue weighted by Gasteiger charge is -2.09. The summed E-state index contributed by atoms with van der Waals surface area (Å²) in [5, 5.41) is 13.2. The summed E-state index contributed by atoms with van der Waals surface area (Å²) in [7, 11) is 0.